The summed E-state index contributed by atoms with van der Waals surface area (Å²) in [5, 5.41) is 19.0. The molecule has 1 heterocycles. The number of carbonyl (C=O) groups is 1. The third-order valence-corrected chi connectivity index (χ3v) is 3.06. The number of nitrogen functional groups attached to an aromatic ring is 1. The molecule has 0 saturated heterocycles. The number of rotatable bonds is 4. The van der Waals surface area contributed by atoms with Crippen LogP contribution in [0.5, 0.6) is 5.75 Å². The minimum Gasteiger partial charge on any atom is -0.508 e. The smallest absolute Gasteiger partial charge is 0.278 e. The molecule has 6 nitrogen and oxygen atoms in total. The predicted octanol–water partition coefficient (Wildman–Crippen LogP) is 2.21. The summed E-state index contributed by atoms with van der Waals surface area (Å²) < 4.78 is 0. The largest absolute Gasteiger partial charge is 0.508 e. The second-order valence-electron chi connectivity index (χ2n) is 4.67. The van der Waals surface area contributed by atoms with E-state index in [0.29, 0.717) is 11.4 Å². The van der Waals surface area contributed by atoms with E-state index in [1.165, 1.54) is 6.07 Å². The summed E-state index contributed by atoms with van der Waals surface area (Å²) in [5.41, 5.74) is 8.45. The monoisotopic (exact) mass is 274 g/mol. The molecule has 0 radical (unpaired) electrons. The SMILES string of the molecule is CCCc1[nH]nc(C(=O)Nc2ccc(C)c(O)c2)c1N. The molecule has 1 aromatic carbocycles. The van der Waals surface area contributed by atoms with Crippen molar-refractivity contribution in [2.45, 2.75) is 26.7 Å². The summed E-state index contributed by atoms with van der Waals surface area (Å²) in [6.45, 7) is 3.80. The maximum absolute atomic E-state index is 12.1. The lowest BCUT2D eigenvalue weighted by atomic mass is 10.2. The summed E-state index contributed by atoms with van der Waals surface area (Å²) in [5.74, 6) is -0.270. The molecule has 1 amide bonds. The molecule has 0 fully saturated rings. The summed E-state index contributed by atoms with van der Waals surface area (Å²) >= 11 is 0. The van der Waals surface area contributed by atoms with E-state index in [2.05, 4.69) is 15.5 Å². The fourth-order valence-electron chi connectivity index (χ4n) is 1.88. The van der Waals surface area contributed by atoms with Crippen molar-refractivity contribution >= 4 is 17.3 Å². The van der Waals surface area contributed by atoms with Crippen molar-refractivity contribution in [3.63, 3.8) is 0 Å². The number of H-pyrrole nitrogens is 1. The number of hydrogen-bond donors (Lipinski definition) is 4. The minimum atomic E-state index is -0.399. The van der Waals surface area contributed by atoms with Crippen LogP contribution in [0.3, 0.4) is 0 Å². The number of anilines is 2. The van der Waals surface area contributed by atoms with Gasteiger partial charge < -0.3 is 16.2 Å². The van der Waals surface area contributed by atoms with Crippen molar-refractivity contribution in [2.75, 3.05) is 11.1 Å². The molecular formula is C14H18N4O2. The standard InChI is InChI=1S/C14H18N4O2/c1-3-4-10-12(15)13(18-17-10)14(20)16-9-6-5-8(2)11(19)7-9/h5-7,19H,3-4,15H2,1-2H3,(H,16,20)(H,17,18). The number of aryl methyl sites for hydroxylation is 2. The van der Waals surface area contributed by atoms with Crippen LogP contribution in [0.2, 0.25) is 0 Å². The van der Waals surface area contributed by atoms with Gasteiger partial charge in [0.2, 0.25) is 0 Å². The zero-order chi connectivity index (χ0) is 14.7. The highest BCUT2D eigenvalue weighted by atomic mass is 16.3. The number of hydrogen-bond acceptors (Lipinski definition) is 4. The van der Waals surface area contributed by atoms with Gasteiger partial charge in [0.05, 0.1) is 11.4 Å². The first-order chi connectivity index (χ1) is 9.52. The number of nitrogens with one attached hydrogen (secondary N) is 2. The Hall–Kier alpha value is -2.50. The molecule has 2 aromatic rings. The Morgan fingerprint density at radius 3 is 2.90 bits per heavy atom. The fraction of sp³-hybridized carbons (Fsp3) is 0.286. The van der Waals surface area contributed by atoms with Gasteiger partial charge in [-0.05, 0) is 25.0 Å². The molecule has 0 saturated carbocycles. The van der Waals surface area contributed by atoms with Crippen LogP contribution in [0.15, 0.2) is 18.2 Å². The van der Waals surface area contributed by atoms with E-state index < -0.39 is 5.91 Å². The predicted molar refractivity (Wildman–Crippen MR) is 77.8 cm³/mol. The highest BCUT2D eigenvalue weighted by molar-refractivity contribution is 6.06. The number of aromatic hydroxyl groups is 1. The van der Waals surface area contributed by atoms with Crippen molar-refractivity contribution < 1.29 is 9.90 Å². The van der Waals surface area contributed by atoms with Crippen LogP contribution in [0.25, 0.3) is 0 Å². The van der Waals surface area contributed by atoms with Gasteiger partial charge in [0.15, 0.2) is 5.69 Å². The summed E-state index contributed by atoms with van der Waals surface area (Å²) in [4.78, 5) is 12.1. The first kappa shape index (κ1) is 13.9. The van der Waals surface area contributed by atoms with Gasteiger partial charge in [0.25, 0.3) is 5.91 Å². The van der Waals surface area contributed by atoms with Crippen LogP contribution in [0, 0.1) is 6.92 Å². The fourth-order valence-corrected chi connectivity index (χ4v) is 1.88. The van der Waals surface area contributed by atoms with Crippen molar-refractivity contribution in [3.8, 4) is 5.75 Å². The third-order valence-electron chi connectivity index (χ3n) is 3.06. The molecule has 5 N–H and O–H groups in total. The lowest BCUT2D eigenvalue weighted by Crippen LogP contribution is -2.14. The van der Waals surface area contributed by atoms with Crippen molar-refractivity contribution in [1.29, 1.82) is 0 Å². The Labute approximate surface area is 117 Å². The molecule has 0 aliphatic rings. The number of benzene rings is 1. The van der Waals surface area contributed by atoms with E-state index in [1.807, 2.05) is 6.92 Å². The first-order valence-corrected chi connectivity index (χ1v) is 6.46. The maximum atomic E-state index is 12.1. The van der Waals surface area contributed by atoms with Gasteiger partial charge in [-0.1, -0.05) is 19.4 Å². The zero-order valence-electron chi connectivity index (χ0n) is 11.5. The molecule has 6 heteroatoms. The number of aromatic amines is 1. The van der Waals surface area contributed by atoms with Gasteiger partial charge in [-0.25, -0.2) is 0 Å². The van der Waals surface area contributed by atoms with E-state index in [4.69, 9.17) is 5.73 Å². The Morgan fingerprint density at radius 1 is 1.50 bits per heavy atom. The number of phenols is 1. The van der Waals surface area contributed by atoms with Gasteiger partial charge in [0.1, 0.15) is 5.75 Å². The number of nitrogens with two attached hydrogens (primary N) is 1. The van der Waals surface area contributed by atoms with Gasteiger partial charge in [0, 0.05) is 11.8 Å². The second kappa shape index (κ2) is 5.64. The number of aromatic nitrogens is 2. The van der Waals surface area contributed by atoms with Crippen LogP contribution in [-0.4, -0.2) is 21.2 Å². The second-order valence-corrected chi connectivity index (χ2v) is 4.67. The average Bonchev–Trinajstić information content (AvgIpc) is 2.76. The molecule has 0 bridgehead atoms. The van der Waals surface area contributed by atoms with E-state index >= 15 is 0 Å². The Kier molecular flexibility index (Phi) is 3.93. The minimum absolute atomic E-state index is 0.129. The number of nitrogens with zero attached hydrogens (tertiary/aromatic N) is 1. The summed E-state index contributed by atoms with van der Waals surface area (Å²) in [6.07, 6.45) is 1.66. The molecule has 106 valence electrons. The summed E-state index contributed by atoms with van der Waals surface area (Å²) in [7, 11) is 0. The highest BCUT2D eigenvalue weighted by Crippen LogP contribution is 2.22. The third kappa shape index (κ3) is 2.74. The van der Waals surface area contributed by atoms with Crippen LogP contribution in [0.1, 0.15) is 35.1 Å². The molecular weight excluding hydrogens is 256 g/mol. The number of phenolic OH excluding ortho intramolecular Hbond substituents is 1. The highest BCUT2D eigenvalue weighted by Gasteiger charge is 2.17. The van der Waals surface area contributed by atoms with Crippen LogP contribution in [0.4, 0.5) is 11.4 Å². The van der Waals surface area contributed by atoms with Crippen molar-refractivity contribution in [2.24, 2.45) is 0 Å². The molecule has 0 unspecified atom stereocenters. The lowest BCUT2D eigenvalue weighted by molar-refractivity contribution is 0.102. The zero-order valence-corrected chi connectivity index (χ0v) is 11.5. The van der Waals surface area contributed by atoms with Crippen LogP contribution < -0.4 is 11.1 Å². The van der Waals surface area contributed by atoms with Gasteiger partial charge in [-0.2, -0.15) is 5.10 Å². The molecule has 0 aliphatic heterocycles. The van der Waals surface area contributed by atoms with E-state index in [0.717, 1.165) is 24.1 Å². The topological polar surface area (TPSA) is 104 Å². The van der Waals surface area contributed by atoms with Crippen molar-refractivity contribution in [1.82, 2.24) is 10.2 Å². The molecule has 20 heavy (non-hydrogen) atoms. The lowest BCUT2D eigenvalue weighted by Gasteiger charge is -2.06. The molecule has 2 rings (SSSR count). The number of amides is 1. The van der Waals surface area contributed by atoms with E-state index in [-0.39, 0.29) is 11.4 Å². The van der Waals surface area contributed by atoms with Crippen LogP contribution >= 0.6 is 0 Å². The van der Waals surface area contributed by atoms with Gasteiger partial charge >= 0.3 is 0 Å². The quantitative estimate of drug-likeness (QED) is 0.686. The molecule has 0 atom stereocenters. The Morgan fingerprint density at radius 2 is 2.25 bits per heavy atom. The van der Waals surface area contributed by atoms with Crippen molar-refractivity contribution in [3.05, 3.63) is 35.2 Å². The molecule has 0 aliphatic carbocycles. The van der Waals surface area contributed by atoms with Crippen LogP contribution in [-0.2, 0) is 6.42 Å². The molecule has 1 aromatic heterocycles. The Balaban J connectivity index is 2.17. The summed E-state index contributed by atoms with van der Waals surface area (Å²) in [6, 6.07) is 4.92. The number of carbonyl (C=O) groups excluding carboxylic acids is 1. The van der Waals surface area contributed by atoms with Gasteiger partial charge in [-0.15, -0.1) is 0 Å². The first-order valence-electron chi connectivity index (χ1n) is 6.46. The molecule has 0 spiro atoms. The van der Waals surface area contributed by atoms with E-state index in [1.54, 1.807) is 19.1 Å². The maximum Gasteiger partial charge on any atom is 0.278 e. The Bertz CT molecular complexity index is 634. The normalized spacial score (nSPS) is 10.5. The van der Waals surface area contributed by atoms with Gasteiger partial charge in [-0.3, -0.25) is 9.89 Å². The average molecular weight is 274 g/mol. The van der Waals surface area contributed by atoms with E-state index in [9.17, 15) is 9.90 Å².